The molecule has 0 unspecified atom stereocenters. The lowest BCUT2D eigenvalue weighted by Gasteiger charge is -2.34. The fourth-order valence-electron chi connectivity index (χ4n) is 5.04. The van der Waals surface area contributed by atoms with Crippen molar-refractivity contribution in [3.63, 3.8) is 0 Å². The number of carbonyl (C=O) groups is 2. The number of carbonyl (C=O) groups excluding carboxylic acids is 2. The Morgan fingerprint density at radius 2 is 1.51 bits per heavy atom. The summed E-state index contributed by atoms with van der Waals surface area (Å²) < 4.78 is 35.2. The molecule has 0 aromatic heterocycles. The van der Waals surface area contributed by atoms with Gasteiger partial charge in [-0.2, -0.15) is 0 Å². The van der Waals surface area contributed by atoms with Crippen molar-refractivity contribution in [2.75, 3.05) is 24.5 Å². The highest BCUT2D eigenvalue weighted by atomic mass is 35.5. The molecule has 0 aliphatic rings. The summed E-state index contributed by atoms with van der Waals surface area (Å²) in [6.45, 7) is 5.53. The lowest BCUT2D eigenvalue weighted by Crippen LogP contribution is -2.53. The number of benzene rings is 4. The molecular weight excluding hydrogens is 657 g/mol. The summed E-state index contributed by atoms with van der Waals surface area (Å²) in [5, 5.41) is 3.61. The molecule has 0 fully saturated rings. The first-order chi connectivity index (χ1) is 22.4. The highest BCUT2D eigenvalue weighted by Crippen LogP contribution is 2.34. The zero-order valence-electron chi connectivity index (χ0n) is 26.8. The summed E-state index contributed by atoms with van der Waals surface area (Å²) in [5.41, 5.74) is 2.42. The van der Waals surface area contributed by atoms with Gasteiger partial charge in [0.05, 0.1) is 27.7 Å². The Balaban J connectivity index is 1.85. The number of amides is 2. The predicted molar refractivity (Wildman–Crippen MR) is 187 cm³/mol. The summed E-state index contributed by atoms with van der Waals surface area (Å²) in [7, 11) is -2.84. The third kappa shape index (κ3) is 9.28. The maximum absolute atomic E-state index is 14.7. The first kappa shape index (κ1) is 35.8. The Labute approximate surface area is 287 Å². The number of rotatable bonds is 14. The molecule has 4 aromatic carbocycles. The number of halogens is 2. The number of hydrogen-bond donors (Lipinski definition) is 1. The van der Waals surface area contributed by atoms with Crippen LogP contribution in [0.5, 0.6) is 5.75 Å². The molecule has 8 nitrogen and oxygen atoms in total. The summed E-state index contributed by atoms with van der Waals surface area (Å²) in [6, 6.07) is 26.4. The van der Waals surface area contributed by atoms with Crippen LogP contribution in [0.1, 0.15) is 30.5 Å². The molecule has 0 radical (unpaired) electrons. The first-order valence-electron chi connectivity index (χ1n) is 15.2. The highest BCUT2D eigenvalue weighted by molar-refractivity contribution is 7.92. The third-order valence-corrected chi connectivity index (χ3v) is 10.0. The van der Waals surface area contributed by atoms with Crippen LogP contribution in [-0.4, -0.2) is 51.4 Å². The van der Waals surface area contributed by atoms with Crippen LogP contribution in [-0.2, 0) is 32.6 Å². The smallest absolute Gasteiger partial charge is 0.264 e. The van der Waals surface area contributed by atoms with Gasteiger partial charge in [-0.05, 0) is 65.9 Å². The van der Waals surface area contributed by atoms with Crippen molar-refractivity contribution in [1.29, 1.82) is 0 Å². The minimum Gasteiger partial charge on any atom is -0.495 e. The van der Waals surface area contributed by atoms with E-state index in [1.54, 1.807) is 54.6 Å². The van der Waals surface area contributed by atoms with Gasteiger partial charge >= 0.3 is 0 Å². The van der Waals surface area contributed by atoms with Crippen molar-refractivity contribution in [2.24, 2.45) is 5.92 Å². The van der Waals surface area contributed by atoms with Crippen LogP contribution in [0.2, 0.25) is 10.0 Å². The SMILES string of the molecule is COc1ccc(C)cc1N(CC(=O)N(Cc1ccc(Cl)c(Cl)c1)[C@@H](Cc1ccccc1)C(=O)NCC(C)C)S(=O)(=O)c1ccccc1. The summed E-state index contributed by atoms with van der Waals surface area (Å²) in [5.74, 6) is -0.522. The van der Waals surface area contributed by atoms with Crippen LogP contribution in [0.15, 0.2) is 102 Å². The average molecular weight is 697 g/mol. The van der Waals surface area contributed by atoms with Crippen molar-refractivity contribution in [2.45, 2.75) is 44.7 Å². The molecule has 248 valence electrons. The van der Waals surface area contributed by atoms with E-state index < -0.39 is 28.5 Å². The molecule has 0 spiro atoms. The number of hydrogen-bond acceptors (Lipinski definition) is 5. The minimum absolute atomic E-state index is 0.00269. The van der Waals surface area contributed by atoms with Crippen LogP contribution in [0.3, 0.4) is 0 Å². The molecule has 4 aromatic rings. The summed E-state index contributed by atoms with van der Waals surface area (Å²) in [6.07, 6.45) is 0.191. The van der Waals surface area contributed by atoms with E-state index in [2.05, 4.69) is 5.32 Å². The topological polar surface area (TPSA) is 96.0 Å². The van der Waals surface area contributed by atoms with Crippen molar-refractivity contribution in [3.8, 4) is 5.75 Å². The van der Waals surface area contributed by atoms with Gasteiger partial charge in [-0.25, -0.2) is 8.42 Å². The monoisotopic (exact) mass is 695 g/mol. The Morgan fingerprint density at radius 3 is 2.13 bits per heavy atom. The van der Waals surface area contributed by atoms with Crippen molar-refractivity contribution >= 4 is 50.7 Å². The number of sulfonamides is 1. The van der Waals surface area contributed by atoms with Gasteiger partial charge in [0.15, 0.2) is 0 Å². The Hall–Kier alpha value is -4.05. The van der Waals surface area contributed by atoms with Gasteiger partial charge in [-0.3, -0.25) is 13.9 Å². The third-order valence-electron chi connectivity index (χ3n) is 7.51. The van der Waals surface area contributed by atoms with Crippen molar-refractivity contribution < 1.29 is 22.7 Å². The zero-order valence-corrected chi connectivity index (χ0v) is 29.1. The van der Waals surface area contributed by atoms with E-state index in [1.807, 2.05) is 51.1 Å². The molecule has 0 bridgehead atoms. The van der Waals surface area contributed by atoms with Gasteiger partial charge in [0.25, 0.3) is 10.0 Å². The standard InChI is InChI=1S/C36H39Cl2N3O5S/c1-25(2)22-39-36(43)33(21-27-11-7-5-8-12-27)40(23-28-16-17-30(37)31(38)20-28)35(42)24-41(32-19-26(3)15-18-34(32)46-4)47(44,45)29-13-9-6-10-14-29/h5-20,25,33H,21-24H2,1-4H3,(H,39,43)/t33-/m0/s1. The molecule has 1 N–H and O–H groups in total. The maximum Gasteiger partial charge on any atom is 0.264 e. The number of aryl methyl sites for hydroxylation is 1. The molecular formula is C36H39Cl2N3O5S. The Morgan fingerprint density at radius 1 is 0.851 bits per heavy atom. The summed E-state index contributed by atoms with van der Waals surface area (Å²) >= 11 is 12.6. The van der Waals surface area contributed by atoms with Gasteiger partial charge in [0.1, 0.15) is 18.3 Å². The van der Waals surface area contributed by atoms with E-state index in [0.29, 0.717) is 22.2 Å². The van der Waals surface area contributed by atoms with E-state index in [-0.39, 0.29) is 41.1 Å². The fourth-order valence-corrected chi connectivity index (χ4v) is 6.80. The number of nitrogens with one attached hydrogen (secondary N) is 1. The molecule has 0 saturated carbocycles. The Kier molecular flexibility index (Phi) is 12.3. The van der Waals surface area contributed by atoms with Crippen LogP contribution < -0.4 is 14.4 Å². The molecule has 2 amide bonds. The number of ether oxygens (including phenoxy) is 1. The minimum atomic E-state index is -4.28. The van der Waals surface area contributed by atoms with Crippen molar-refractivity contribution in [3.05, 3.63) is 124 Å². The molecule has 0 saturated heterocycles. The van der Waals surface area contributed by atoms with Crippen molar-refractivity contribution in [1.82, 2.24) is 10.2 Å². The normalized spacial score (nSPS) is 12.0. The molecule has 0 aliphatic heterocycles. The summed E-state index contributed by atoms with van der Waals surface area (Å²) in [4.78, 5) is 30.0. The second kappa shape index (κ2) is 16.2. The molecule has 0 aliphatic carbocycles. The lowest BCUT2D eigenvalue weighted by molar-refractivity contribution is -0.140. The number of nitrogens with zero attached hydrogens (tertiary/aromatic N) is 2. The molecule has 4 rings (SSSR count). The zero-order chi connectivity index (χ0) is 34.1. The second-order valence-corrected chi connectivity index (χ2v) is 14.3. The van der Waals surface area contributed by atoms with Gasteiger partial charge in [0.2, 0.25) is 11.8 Å². The maximum atomic E-state index is 14.7. The molecule has 0 heterocycles. The van der Waals surface area contributed by atoms with Crippen LogP contribution in [0.25, 0.3) is 0 Å². The Bertz CT molecular complexity index is 1790. The number of methoxy groups -OCH3 is 1. The van der Waals surface area contributed by atoms with E-state index in [4.69, 9.17) is 27.9 Å². The lowest BCUT2D eigenvalue weighted by atomic mass is 10.0. The quantitative estimate of drug-likeness (QED) is 0.155. The van der Waals surface area contributed by atoms with Gasteiger partial charge < -0.3 is 15.0 Å². The van der Waals surface area contributed by atoms with E-state index >= 15 is 0 Å². The molecule has 1 atom stereocenters. The van der Waals surface area contributed by atoms with Gasteiger partial charge in [-0.15, -0.1) is 0 Å². The van der Waals surface area contributed by atoms with Gasteiger partial charge in [0, 0.05) is 19.5 Å². The predicted octanol–water partition coefficient (Wildman–Crippen LogP) is 6.92. The molecule has 47 heavy (non-hydrogen) atoms. The fraction of sp³-hybridized carbons (Fsp3) is 0.278. The first-order valence-corrected chi connectivity index (χ1v) is 17.4. The van der Waals surface area contributed by atoms with Crippen LogP contribution in [0.4, 0.5) is 5.69 Å². The highest BCUT2D eigenvalue weighted by Gasteiger charge is 2.35. The van der Waals surface area contributed by atoms with Crippen LogP contribution >= 0.6 is 23.2 Å². The average Bonchev–Trinajstić information content (AvgIpc) is 3.06. The largest absolute Gasteiger partial charge is 0.495 e. The van der Waals surface area contributed by atoms with E-state index in [9.17, 15) is 18.0 Å². The second-order valence-electron chi connectivity index (χ2n) is 11.6. The van der Waals surface area contributed by atoms with E-state index in [1.165, 1.54) is 24.1 Å². The van der Waals surface area contributed by atoms with Crippen LogP contribution in [0, 0.1) is 12.8 Å². The number of anilines is 1. The molecule has 11 heteroatoms. The van der Waals surface area contributed by atoms with Gasteiger partial charge in [-0.1, -0.05) is 97.7 Å². The van der Waals surface area contributed by atoms with E-state index in [0.717, 1.165) is 15.4 Å².